The molecule has 0 radical (unpaired) electrons. The second-order valence-corrected chi connectivity index (χ2v) is 5.95. The third kappa shape index (κ3) is 2.79. The van der Waals surface area contributed by atoms with Gasteiger partial charge >= 0.3 is 0 Å². The Balaban J connectivity index is 1.77. The Labute approximate surface area is 150 Å². The zero-order valence-electron chi connectivity index (χ0n) is 14.1. The van der Waals surface area contributed by atoms with Crippen molar-refractivity contribution in [2.24, 2.45) is 5.73 Å². The van der Waals surface area contributed by atoms with Crippen LogP contribution < -0.4 is 15.8 Å². The number of carbonyl (C=O) groups excluding carboxylic acids is 1. The molecule has 1 aliphatic heterocycles. The van der Waals surface area contributed by atoms with Crippen molar-refractivity contribution in [2.75, 3.05) is 5.32 Å². The lowest BCUT2D eigenvalue weighted by molar-refractivity contribution is -0.115. The molecule has 0 saturated heterocycles. The van der Waals surface area contributed by atoms with Gasteiger partial charge in [-0.25, -0.2) is 4.68 Å². The summed E-state index contributed by atoms with van der Waals surface area (Å²) in [4.78, 5) is 16.3. The first-order chi connectivity index (χ1) is 12.6. The van der Waals surface area contributed by atoms with E-state index in [-0.39, 0.29) is 0 Å². The van der Waals surface area contributed by atoms with Crippen molar-refractivity contribution >= 4 is 11.9 Å². The fourth-order valence-corrected chi connectivity index (χ4v) is 3.09. The van der Waals surface area contributed by atoms with Crippen molar-refractivity contribution in [3.63, 3.8) is 0 Å². The van der Waals surface area contributed by atoms with Crippen LogP contribution in [0, 0.1) is 0 Å². The normalized spacial score (nSPS) is 16.0. The molecule has 1 atom stereocenters. The van der Waals surface area contributed by atoms with E-state index < -0.39 is 11.9 Å². The van der Waals surface area contributed by atoms with Gasteiger partial charge in [-0.15, -0.1) is 0 Å². The molecule has 26 heavy (non-hydrogen) atoms. The first-order valence-corrected chi connectivity index (χ1v) is 8.13. The molecule has 0 saturated carbocycles. The second-order valence-electron chi connectivity index (χ2n) is 5.95. The van der Waals surface area contributed by atoms with Crippen LogP contribution in [0.15, 0.2) is 72.2 Å². The minimum atomic E-state index is -0.504. The molecule has 0 spiro atoms. The van der Waals surface area contributed by atoms with Gasteiger partial charge in [0.1, 0.15) is 23.9 Å². The molecule has 3 aromatic rings. The number of ether oxygens (including phenoxy) is 1. The summed E-state index contributed by atoms with van der Waals surface area (Å²) in [7, 11) is 0. The van der Waals surface area contributed by atoms with Crippen molar-refractivity contribution in [3.05, 3.63) is 77.8 Å². The molecule has 1 aliphatic rings. The summed E-state index contributed by atoms with van der Waals surface area (Å²) in [6.45, 7) is 1.80. The average Bonchev–Trinajstić information content (AvgIpc) is 3.09. The van der Waals surface area contributed by atoms with Crippen molar-refractivity contribution in [1.29, 1.82) is 0 Å². The van der Waals surface area contributed by atoms with Crippen LogP contribution in [0.4, 0.5) is 5.95 Å². The third-order valence-corrected chi connectivity index (χ3v) is 4.21. The second kappa shape index (κ2) is 6.36. The number of benzene rings is 2. The lowest BCUT2D eigenvalue weighted by Gasteiger charge is -2.27. The molecule has 2 aromatic carbocycles. The predicted molar refractivity (Wildman–Crippen MR) is 96.6 cm³/mol. The van der Waals surface area contributed by atoms with E-state index in [1.165, 1.54) is 6.33 Å². The number of rotatable bonds is 4. The number of hydrogen-bond donors (Lipinski definition) is 2. The van der Waals surface area contributed by atoms with Crippen LogP contribution in [0.2, 0.25) is 0 Å². The van der Waals surface area contributed by atoms with Crippen LogP contribution in [-0.2, 0) is 4.79 Å². The maximum Gasteiger partial charge on any atom is 0.248 e. The number of aromatic nitrogens is 3. The highest BCUT2D eigenvalue weighted by molar-refractivity contribution is 5.95. The van der Waals surface area contributed by atoms with Crippen LogP contribution >= 0.6 is 0 Å². The highest BCUT2D eigenvalue weighted by Crippen LogP contribution is 2.36. The molecule has 7 heteroatoms. The molecule has 0 aliphatic carbocycles. The van der Waals surface area contributed by atoms with E-state index in [2.05, 4.69) is 15.4 Å². The summed E-state index contributed by atoms with van der Waals surface area (Å²) in [6, 6.07) is 16.6. The first-order valence-electron chi connectivity index (χ1n) is 8.13. The van der Waals surface area contributed by atoms with E-state index in [1.54, 1.807) is 11.6 Å². The Morgan fingerprint density at radius 3 is 2.69 bits per heavy atom. The number of nitrogens with zero attached hydrogens (tertiary/aromatic N) is 3. The molecule has 3 N–H and O–H groups in total. The molecule has 4 rings (SSSR count). The van der Waals surface area contributed by atoms with Gasteiger partial charge in [0.25, 0.3) is 0 Å². The van der Waals surface area contributed by atoms with Gasteiger partial charge in [-0.3, -0.25) is 4.79 Å². The minimum absolute atomic E-state index is 0.444. The maximum absolute atomic E-state index is 12.1. The van der Waals surface area contributed by atoms with Gasteiger partial charge in [-0.1, -0.05) is 30.3 Å². The fraction of sp³-hybridized carbons (Fsp3) is 0.105. The van der Waals surface area contributed by atoms with Crippen molar-refractivity contribution in [2.45, 2.75) is 13.0 Å². The van der Waals surface area contributed by atoms with Crippen LogP contribution in [0.3, 0.4) is 0 Å². The number of hydrogen-bond acceptors (Lipinski definition) is 5. The molecule has 0 bridgehead atoms. The van der Waals surface area contributed by atoms with E-state index in [4.69, 9.17) is 10.5 Å². The Morgan fingerprint density at radius 1 is 1.15 bits per heavy atom. The van der Waals surface area contributed by atoms with Crippen molar-refractivity contribution in [1.82, 2.24) is 14.8 Å². The summed E-state index contributed by atoms with van der Waals surface area (Å²) in [5, 5.41) is 7.32. The van der Waals surface area contributed by atoms with Gasteiger partial charge in [0.2, 0.25) is 11.9 Å². The highest BCUT2D eigenvalue weighted by Gasteiger charge is 2.32. The number of nitrogens with two attached hydrogens (primary N) is 1. The molecule has 7 nitrogen and oxygen atoms in total. The first kappa shape index (κ1) is 15.9. The molecule has 0 unspecified atom stereocenters. The smallest absolute Gasteiger partial charge is 0.248 e. The van der Waals surface area contributed by atoms with Gasteiger partial charge in [0, 0.05) is 5.70 Å². The number of allylic oxidation sites excluding steroid dienone is 1. The predicted octanol–water partition coefficient (Wildman–Crippen LogP) is 2.84. The fourth-order valence-electron chi connectivity index (χ4n) is 3.09. The summed E-state index contributed by atoms with van der Waals surface area (Å²) >= 11 is 0. The maximum atomic E-state index is 12.1. The van der Waals surface area contributed by atoms with E-state index in [0.29, 0.717) is 23.0 Å². The van der Waals surface area contributed by atoms with Crippen LogP contribution in [0.25, 0.3) is 0 Å². The Bertz CT molecular complexity index is 994. The third-order valence-electron chi connectivity index (χ3n) is 4.21. The quantitative estimate of drug-likeness (QED) is 0.757. The standard InChI is InChI=1S/C19H17N5O2/c1-12-16(18(20)25)17(24-19(23-12)21-11-22-24)13-6-5-9-15(10-13)26-14-7-3-2-4-8-14/h2-11,17H,1H3,(H2,20,25)(H,21,22,23)/t17-/m1/s1. The lowest BCUT2D eigenvalue weighted by atomic mass is 9.95. The number of nitrogens with one attached hydrogen (secondary N) is 1. The van der Waals surface area contributed by atoms with Gasteiger partial charge < -0.3 is 15.8 Å². The summed E-state index contributed by atoms with van der Waals surface area (Å²) < 4.78 is 7.56. The SMILES string of the molecule is CC1=C(C(N)=O)[C@@H](c2cccc(Oc3ccccc3)c2)n2ncnc2N1. The molecule has 2 heterocycles. The molecule has 1 amide bonds. The zero-order chi connectivity index (χ0) is 18.1. The molecule has 130 valence electrons. The van der Waals surface area contributed by atoms with E-state index in [1.807, 2.05) is 54.6 Å². The van der Waals surface area contributed by atoms with Crippen molar-refractivity contribution in [3.8, 4) is 11.5 Å². The van der Waals surface area contributed by atoms with E-state index in [0.717, 1.165) is 11.3 Å². The van der Waals surface area contributed by atoms with Crippen LogP contribution in [-0.4, -0.2) is 20.7 Å². The molecular weight excluding hydrogens is 330 g/mol. The minimum Gasteiger partial charge on any atom is -0.457 e. The number of primary amides is 1. The Morgan fingerprint density at radius 2 is 1.92 bits per heavy atom. The number of anilines is 1. The van der Waals surface area contributed by atoms with Crippen molar-refractivity contribution < 1.29 is 9.53 Å². The highest BCUT2D eigenvalue weighted by atomic mass is 16.5. The Hall–Kier alpha value is -3.61. The zero-order valence-corrected chi connectivity index (χ0v) is 14.1. The number of fused-ring (bicyclic) bond motifs is 1. The van der Waals surface area contributed by atoms with Crippen LogP contribution in [0.1, 0.15) is 18.5 Å². The van der Waals surface area contributed by atoms with Crippen LogP contribution in [0.5, 0.6) is 11.5 Å². The summed E-state index contributed by atoms with van der Waals surface area (Å²) in [6.07, 6.45) is 1.44. The number of amides is 1. The van der Waals surface area contributed by atoms with Gasteiger partial charge in [0.15, 0.2) is 0 Å². The molecular formula is C19H17N5O2. The summed E-state index contributed by atoms with van der Waals surface area (Å²) in [5.41, 5.74) is 7.59. The average molecular weight is 347 g/mol. The topological polar surface area (TPSA) is 95.1 Å². The molecule has 1 aromatic heterocycles. The molecule has 0 fully saturated rings. The van der Waals surface area contributed by atoms with E-state index >= 15 is 0 Å². The summed E-state index contributed by atoms with van der Waals surface area (Å²) in [5.74, 6) is 1.45. The van der Waals surface area contributed by atoms with Gasteiger partial charge in [-0.2, -0.15) is 10.1 Å². The van der Waals surface area contributed by atoms with E-state index in [9.17, 15) is 4.79 Å². The lowest BCUT2D eigenvalue weighted by Crippen LogP contribution is -2.31. The van der Waals surface area contributed by atoms with Gasteiger partial charge in [-0.05, 0) is 36.8 Å². The monoisotopic (exact) mass is 347 g/mol. The largest absolute Gasteiger partial charge is 0.457 e. The number of carbonyl (C=O) groups is 1. The Kier molecular flexibility index (Phi) is 3.89. The number of para-hydroxylation sites is 1. The van der Waals surface area contributed by atoms with Gasteiger partial charge in [0.05, 0.1) is 5.57 Å².